The number of carbonyl (C=O) groups is 3. The summed E-state index contributed by atoms with van der Waals surface area (Å²) in [6, 6.07) is 11.3. The molecule has 1 saturated carbocycles. The molecule has 9 nitrogen and oxygen atoms in total. The molecule has 2 aromatic carbocycles. The lowest BCUT2D eigenvalue weighted by molar-refractivity contribution is -0.117. The second-order valence-electron chi connectivity index (χ2n) is 7.04. The molecule has 0 heterocycles. The molecule has 31 heavy (non-hydrogen) atoms. The van der Waals surface area contributed by atoms with Crippen molar-refractivity contribution in [3.63, 3.8) is 0 Å². The summed E-state index contributed by atoms with van der Waals surface area (Å²) in [6.07, 6.45) is 1.87. The van der Waals surface area contributed by atoms with Crippen LogP contribution in [0, 0.1) is 5.92 Å². The molecule has 0 unspecified atom stereocenters. The molecule has 3 rings (SSSR count). The minimum absolute atomic E-state index is 0.0220. The van der Waals surface area contributed by atoms with Crippen LogP contribution in [-0.2, 0) is 4.79 Å². The summed E-state index contributed by atoms with van der Waals surface area (Å²) < 4.78 is 10.4. The van der Waals surface area contributed by atoms with E-state index in [4.69, 9.17) is 9.47 Å². The monoisotopic (exact) mass is 426 g/mol. The lowest BCUT2D eigenvalue weighted by Crippen LogP contribution is -2.36. The van der Waals surface area contributed by atoms with Crippen LogP contribution >= 0.6 is 0 Å². The van der Waals surface area contributed by atoms with E-state index in [9.17, 15) is 14.4 Å². The molecular weight excluding hydrogens is 400 g/mol. The van der Waals surface area contributed by atoms with E-state index in [1.54, 1.807) is 49.6 Å². The minimum atomic E-state index is -0.423. The number of ether oxygens (including phenoxy) is 2. The maximum absolute atomic E-state index is 12.2. The lowest BCUT2D eigenvalue weighted by Gasteiger charge is -2.12. The Labute approximate surface area is 180 Å². The molecule has 1 aliphatic rings. The molecule has 9 heteroatoms. The maximum Gasteiger partial charge on any atom is 0.319 e. The first-order valence-electron chi connectivity index (χ1n) is 9.96. The molecule has 0 bridgehead atoms. The van der Waals surface area contributed by atoms with Crippen LogP contribution < -0.4 is 30.7 Å². The van der Waals surface area contributed by atoms with E-state index in [-0.39, 0.29) is 30.8 Å². The number of hydrogen-bond donors (Lipinski definition) is 4. The van der Waals surface area contributed by atoms with Crippen molar-refractivity contribution in [3.05, 3.63) is 48.0 Å². The number of nitrogens with one attached hydrogen (secondary N) is 4. The highest BCUT2D eigenvalue weighted by atomic mass is 16.5. The predicted molar refractivity (Wildman–Crippen MR) is 117 cm³/mol. The second kappa shape index (κ2) is 10.3. The first-order chi connectivity index (χ1) is 15.0. The first-order valence-corrected chi connectivity index (χ1v) is 9.96. The number of hydrogen-bond acceptors (Lipinski definition) is 5. The summed E-state index contributed by atoms with van der Waals surface area (Å²) in [6.45, 7) is 0.498. The summed E-state index contributed by atoms with van der Waals surface area (Å²) in [5.74, 6) is 0.967. The van der Waals surface area contributed by atoms with E-state index in [1.165, 1.54) is 7.11 Å². The van der Waals surface area contributed by atoms with Crippen LogP contribution in [0.5, 0.6) is 11.5 Å². The molecule has 0 saturated heterocycles. The van der Waals surface area contributed by atoms with Gasteiger partial charge in [-0.3, -0.25) is 9.59 Å². The van der Waals surface area contributed by atoms with Crippen LogP contribution in [0.15, 0.2) is 42.5 Å². The van der Waals surface area contributed by atoms with Crippen molar-refractivity contribution in [1.29, 1.82) is 0 Å². The van der Waals surface area contributed by atoms with Crippen LogP contribution in [0.1, 0.15) is 23.2 Å². The zero-order chi connectivity index (χ0) is 22.2. The predicted octanol–water partition coefficient (Wildman–Crippen LogP) is 2.60. The average Bonchev–Trinajstić information content (AvgIpc) is 3.63. The third-order valence-electron chi connectivity index (χ3n) is 4.72. The van der Waals surface area contributed by atoms with Gasteiger partial charge in [0.2, 0.25) is 5.91 Å². The third kappa shape index (κ3) is 6.36. The summed E-state index contributed by atoms with van der Waals surface area (Å²) in [5, 5.41) is 10.9. The van der Waals surface area contributed by atoms with Crippen molar-refractivity contribution in [3.8, 4) is 11.5 Å². The standard InChI is InChI=1S/C22H26N4O5/c1-30-17-9-10-18(19(13-17)31-2)26-22(29)24-12-11-23-20(27)14-5-7-16(8-6-14)25-21(28)15-3-4-15/h5-10,13,15H,3-4,11-12H2,1-2H3,(H,23,27)(H,25,28)(H2,24,26,29). The third-order valence-corrected chi connectivity index (χ3v) is 4.72. The Kier molecular flexibility index (Phi) is 7.31. The van der Waals surface area contributed by atoms with Crippen molar-refractivity contribution in [1.82, 2.24) is 10.6 Å². The van der Waals surface area contributed by atoms with Crippen LogP contribution in [0.25, 0.3) is 0 Å². The fraction of sp³-hybridized carbons (Fsp3) is 0.318. The van der Waals surface area contributed by atoms with Crippen LogP contribution in [-0.4, -0.2) is 45.2 Å². The van der Waals surface area contributed by atoms with Gasteiger partial charge in [-0.25, -0.2) is 4.79 Å². The molecule has 0 aromatic heterocycles. The van der Waals surface area contributed by atoms with Crippen LogP contribution in [0.2, 0.25) is 0 Å². The van der Waals surface area contributed by atoms with Crippen molar-refractivity contribution in [2.45, 2.75) is 12.8 Å². The minimum Gasteiger partial charge on any atom is -0.497 e. The largest absolute Gasteiger partial charge is 0.497 e. The maximum atomic E-state index is 12.2. The van der Waals surface area contributed by atoms with E-state index in [1.807, 2.05) is 0 Å². The van der Waals surface area contributed by atoms with Crippen LogP contribution in [0.3, 0.4) is 0 Å². The van der Waals surface area contributed by atoms with E-state index in [2.05, 4.69) is 21.3 Å². The topological polar surface area (TPSA) is 118 Å². The van der Waals surface area contributed by atoms with E-state index >= 15 is 0 Å². The van der Waals surface area contributed by atoms with E-state index in [0.717, 1.165) is 12.8 Å². The van der Waals surface area contributed by atoms with Crippen molar-refractivity contribution >= 4 is 29.2 Å². The van der Waals surface area contributed by atoms with Crippen molar-refractivity contribution in [2.24, 2.45) is 5.92 Å². The summed E-state index contributed by atoms with van der Waals surface area (Å²) in [4.78, 5) is 36.1. The van der Waals surface area contributed by atoms with Gasteiger partial charge in [0.1, 0.15) is 11.5 Å². The number of rotatable bonds is 9. The van der Waals surface area contributed by atoms with Gasteiger partial charge in [-0.15, -0.1) is 0 Å². The number of urea groups is 1. The summed E-state index contributed by atoms with van der Waals surface area (Å²) >= 11 is 0. The molecule has 2 aromatic rings. The van der Waals surface area contributed by atoms with Gasteiger partial charge in [-0.05, 0) is 49.2 Å². The zero-order valence-corrected chi connectivity index (χ0v) is 17.5. The quantitative estimate of drug-likeness (QED) is 0.460. The van der Waals surface area contributed by atoms with Crippen LogP contribution in [0.4, 0.5) is 16.2 Å². The molecule has 0 atom stereocenters. The Morgan fingerprint density at radius 2 is 1.61 bits per heavy atom. The fourth-order valence-corrected chi connectivity index (χ4v) is 2.82. The lowest BCUT2D eigenvalue weighted by atomic mass is 10.2. The summed E-state index contributed by atoms with van der Waals surface area (Å²) in [5.41, 5.74) is 1.64. The van der Waals surface area contributed by atoms with E-state index in [0.29, 0.717) is 28.4 Å². The molecule has 0 radical (unpaired) electrons. The highest BCUT2D eigenvalue weighted by molar-refractivity contribution is 5.97. The van der Waals surface area contributed by atoms with Gasteiger partial charge in [0.15, 0.2) is 0 Å². The second-order valence-corrected chi connectivity index (χ2v) is 7.04. The molecule has 164 valence electrons. The van der Waals surface area contributed by atoms with Crippen molar-refractivity contribution < 1.29 is 23.9 Å². The Morgan fingerprint density at radius 1 is 0.903 bits per heavy atom. The molecule has 1 fully saturated rings. The molecular formula is C22H26N4O5. The van der Waals surface area contributed by atoms with Gasteiger partial charge >= 0.3 is 6.03 Å². The number of benzene rings is 2. The number of carbonyl (C=O) groups excluding carboxylic acids is 3. The van der Waals surface area contributed by atoms with Gasteiger partial charge < -0.3 is 30.7 Å². The zero-order valence-electron chi connectivity index (χ0n) is 17.5. The highest BCUT2D eigenvalue weighted by Crippen LogP contribution is 2.30. The van der Waals surface area contributed by atoms with Gasteiger partial charge in [0, 0.05) is 36.3 Å². The fourth-order valence-electron chi connectivity index (χ4n) is 2.82. The molecule has 0 spiro atoms. The number of amides is 4. The number of methoxy groups -OCH3 is 2. The Hall–Kier alpha value is -3.75. The van der Waals surface area contributed by atoms with Gasteiger partial charge in [0.25, 0.3) is 5.91 Å². The average molecular weight is 426 g/mol. The van der Waals surface area contributed by atoms with Gasteiger partial charge in [-0.1, -0.05) is 0 Å². The highest BCUT2D eigenvalue weighted by Gasteiger charge is 2.29. The molecule has 4 amide bonds. The molecule has 4 N–H and O–H groups in total. The van der Waals surface area contributed by atoms with Crippen molar-refractivity contribution in [2.75, 3.05) is 37.9 Å². The Bertz CT molecular complexity index is 941. The number of anilines is 2. The Balaban J connectivity index is 1.39. The first kappa shape index (κ1) is 21.9. The SMILES string of the molecule is COc1ccc(NC(=O)NCCNC(=O)c2ccc(NC(=O)C3CC3)cc2)c(OC)c1. The molecule has 0 aliphatic heterocycles. The normalized spacial score (nSPS) is 12.5. The van der Waals surface area contributed by atoms with Gasteiger partial charge in [-0.2, -0.15) is 0 Å². The smallest absolute Gasteiger partial charge is 0.319 e. The molecule has 1 aliphatic carbocycles. The van der Waals surface area contributed by atoms with E-state index < -0.39 is 6.03 Å². The summed E-state index contributed by atoms with van der Waals surface area (Å²) in [7, 11) is 3.05. The van der Waals surface area contributed by atoms with Gasteiger partial charge in [0.05, 0.1) is 19.9 Å². The Morgan fingerprint density at radius 3 is 2.26 bits per heavy atom.